The second kappa shape index (κ2) is 8.79. The van der Waals surface area contributed by atoms with E-state index >= 15 is 0 Å². The second-order valence-corrected chi connectivity index (χ2v) is 6.17. The molecule has 0 N–H and O–H groups in total. The minimum atomic E-state index is -0.491. The van der Waals surface area contributed by atoms with Crippen molar-refractivity contribution in [3.05, 3.63) is 62.7 Å². The molecule has 0 unspecified atom stereocenters. The summed E-state index contributed by atoms with van der Waals surface area (Å²) in [5, 5.41) is 0. The molecule has 0 aliphatic carbocycles. The lowest BCUT2D eigenvalue weighted by Gasteiger charge is -2.08. The predicted molar refractivity (Wildman–Crippen MR) is 97.5 cm³/mol. The van der Waals surface area contributed by atoms with Gasteiger partial charge in [-0.3, -0.25) is 0 Å². The Kier molecular flexibility index (Phi) is 6.74. The Labute approximate surface area is 154 Å². The fourth-order valence-electron chi connectivity index (χ4n) is 1.87. The van der Waals surface area contributed by atoms with E-state index in [1.165, 1.54) is 13.2 Å². The summed E-state index contributed by atoms with van der Waals surface area (Å²) < 4.78 is 16.2. The van der Waals surface area contributed by atoms with Crippen LogP contribution in [0.1, 0.15) is 26.3 Å². The Morgan fingerprint density at radius 1 is 1.00 bits per heavy atom. The van der Waals surface area contributed by atoms with Gasteiger partial charge in [0, 0.05) is 10.7 Å². The van der Waals surface area contributed by atoms with Gasteiger partial charge in [0.1, 0.15) is 12.4 Å². The van der Waals surface area contributed by atoms with Gasteiger partial charge in [0.2, 0.25) is 0 Å². The maximum absolute atomic E-state index is 12.2. The van der Waals surface area contributed by atoms with E-state index in [2.05, 4.69) is 22.6 Å². The van der Waals surface area contributed by atoms with Crippen LogP contribution < -0.4 is 4.74 Å². The maximum Gasteiger partial charge on any atom is 0.343 e. The highest BCUT2D eigenvalue weighted by Crippen LogP contribution is 2.18. The van der Waals surface area contributed by atoms with E-state index < -0.39 is 11.9 Å². The van der Waals surface area contributed by atoms with E-state index in [9.17, 15) is 9.59 Å². The Morgan fingerprint density at radius 3 is 2.46 bits per heavy atom. The zero-order valence-electron chi connectivity index (χ0n) is 13.4. The van der Waals surface area contributed by atoms with Gasteiger partial charge in [-0.2, -0.15) is 0 Å². The van der Waals surface area contributed by atoms with Crippen LogP contribution >= 0.6 is 22.6 Å². The third-order valence-electron chi connectivity index (χ3n) is 3.21. The summed E-state index contributed by atoms with van der Waals surface area (Å²) in [6.07, 6.45) is 0. The number of hydrogen-bond donors (Lipinski definition) is 0. The standard InChI is InChI=1S/C18H17IO5/c1-12-6-7-14(11-16(12)19)18(21)24-15-5-3-4-13(10-15)17(20)23-9-8-22-2/h3-7,10-11H,8-9H2,1-2H3. The molecule has 6 heteroatoms. The van der Waals surface area contributed by atoms with Crippen LogP contribution in [0.3, 0.4) is 0 Å². The van der Waals surface area contributed by atoms with Crippen LogP contribution in [0.25, 0.3) is 0 Å². The van der Waals surface area contributed by atoms with Crippen LogP contribution in [0.4, 0.5) is 0 Å². The smallest absolute Gasteiger partial charge is 0.343 e. The van der Waals surface area contributed by atoms with Gasteiger partial charge >= 0.3 is 11.9 Å². The number of halogens is 1. The van der Waals surface area contributed by atoms with Crippen LogP contribution in [0.15, 0.2) is 42.5 Å². The largest absolute Gasteiger partial charge is 0.460 e. The minimum absolute atomic E-state index is 0.168. The molecular weight excluding hydrogens is 423 g/mol. The molecule has 0 amide bonds. The summed E-state index contributed by atoms with van der Waals surface area (Å²) in [5.41, 5.74) is 1.86. The highest BCUT2D eigenvalue weighted by molar-refractivity contribution is 14.1. The van der Waals surface area contributed by atoms with Gasteiger partial charge in [-0.15, -0.1) is 0 Å². The van der Waals surface area contributed by atoms with Crippen molar-refractivity contribution in [3.63, 3.8) is 0 Å². The van der Waals surface area contributed by atoms with E-state index in [1.54, 1.807) is 30.3 Å². The molecule has 0 heterocycles. The van der Waals surface area contributed by atoms with Gasteiger partial charge in [0.15, 0.2) is 0 Å². The minimum Gasteiger partial charge on any atom is -0.460 e. The van der Waals surface area contributed by atoms with Crippen molar-refractivity contribution in [1.82, 2.24) is 0 Å². The van der Waals surface area contributed by atoms with Crippen LogP contribution in [-0.2, 0) is 9.47 Å². The summed E-state index contributed by atoms with van der Waals surface area (Å²) in [6.45, 7) is 2.46. The molecule has 24 heavy (non-hydrogen) atoms. The molecule has 0 aliphatic rings. The van der Waals surface area contributed by atoms with Crippen LogP contribution in [-0.4, -0.2) is 32.3 Å². The maximum atomic E-state index is 12.2. The summed E-state index contributed by atoms with van der Waals surface area (Å²) in [4.78, 5) is 24.1. The number of methoxy groups -OCH3 is 1. The molecule has 0 aromatic heterocycles. The SMILES string of the molecule is COCCOC(=O)c1cccc(OC(=O)c2ccc(C)c(I)c2)c1. The van der Waals surface area contributed by atoms with Crippen LogP contribution in [0.5, 0.6) is 5.75 Å². The number of aryl methyl sites for hydroxylation is 1. The molecule has 0 spiro atoms. The van der Waals surface area contributed by atoms with Gasteiger partial charge in [-0.05, 0) is 65.4 Å². The molecule has 0 fully saturated rings. The molecule has 0 saturated heterocycles. The first-order chi connectivity index (χ1) is 11.5. The number of carbonyl (C=O) groups excluding carboxylic acids is 2. The third kappa shape index (κ3) is 5.04. The van der Waals surface area contributed by atoms with Crippen molar-refractivity contribution in [2.45, 2.75) is 6.92 Å². The molecule has 2 aromatic rings. The molecule has 0 radical (unpaired) electrons. The highest BCUT2D eigenvalue weighted by atomic mass is 127. The van der Waals surface area contributed by atoms with Crippen LogP contribution in [0, 0.1) is 10.5 Å². The molecular formula is C18H17IO5. The molecule has 0 atom stereocenters. The second-order valence-electron chi connectivity index (χ2n) is 5.01. The van der Waals surface area contributed by atoms with E-state index in [0.29, 0.717) is 17.7 Å². The monoisotopic (exact) mass is 440 g/mol. The Morgan fingerprint density at radius 2 is 1.75 bits per heavy atom. The quantitative estimate of drug-likeness (QED) is 0.297. The fourth-order valence-corrected chi connectivity index (χ4v) is 2.39. The van der Waals surface area contributed by atoms with Crippen molar-refractivity contribution in [2.24, 2.45) is 0 Å². The molecule has 2 rings (SSSR count). The predicted octanol–water partition coefficient (Wildman–Crippen LogP) is 3.62. The van der Waals surface area contributed by atoms with Gasteiger partial charge in [0.25, 0.3) is 0 Å². The Bertz CT molecular complexity index is 742. The lowest BCUT2D eigenvalue weighted by atomic mass is 10.1. The van der Waals surface area contributed by atoms with Gasteiger partial charge < -0.3 is 14.2 Å². The van der Waals surface area contributed by atoms with Crippen molar-refractivity contribution in [3.8, 4) is 5.75 Å². The topological polar surface area (TPSA) is 61.8 Å². The first kappa shape index (κ1) is 18.4. The van der Waals surface area contributed by atoms with E-state index in [0.717, 1.165) is 9.13 Å². The lowest BCUT2D eigenvalue weighted by molar-refractivity contribution is 0.0387. The van der Waals surface area contributed by atoms with Crippen molar-refractivity contribution < 1.29 is 23.8 Å². The van der Waals surface area contributed by atoms with Gasteiger partial charge in [-0.25, -0.2) is 9.59 Å². The first-order valence-electron chi connectivity index (χ1n) is 7.25. The molecule has 2 aromatic carbocycles. The van der Waals surface area contributed by atoms with Crippen LogP contribution in [0.2, 0.25) is 0 Å². The molecule has 0 saturated carbocycles. The van der Waals surface area contributed by atoms with Crippen molar-refractivity contribution in [1.29, 1.82) is 0 Å². The zero-order chi connectivity index (χ0) is 17.5. The number of esters is 2. The third-order valence-corrected chi connectivity index (χ3v) is 4.37. The number of rotatable bonds is 6. The summed E-state index contributed by atoms with van der Waals surface area (Å²) in [5.74, 6) is -0.676. The van der Waals surface area contributed by atoms with E-state index in [4.69, 9.17) is 14.2 Å². The summed E-state index contributed by atoms with van der Waals surface area (Å²) in [6, 6.07) is 11.7. The Balaban J connectivity index is 2.07. The van der Waals surface area contributed by atoms with Gasteiger partial charge in [0.05, 0.1) is 17.7 Å². The molecule has 0 bridgehead atoms. The molecule has 5 nitrogen and oxygen atoms in total. The summed E-state index contributed by atoms with van der Waals surface area (Å²) in [7, 11) is 1.53. The highest BCUT2D eigenvalue weighted by Gasteiger charge is 2.12. The number of benzene rings is 2. The number of carbonyl (C=O) groups is 2. The first-order valence-corrected chi connectivity index (χ1v) is 8.33. The number of hydrogen-bond acceptors (Lipinski definition) is 5. The van der Waals surface area contributed by atoms with Crippen molar-refractivity contribution >= 4 is 34.5 Å². The average Bonchev–Trinajstić information content (AvgIpc) is 2.57. The fraction of sp³-hybridized carbons (Fsp3) is 0.222. The molecule has 0 aliphatic heterocycles. The van der Waals surface area contributed by atoms with Gasteiger partial charge in [-0.1, -0.05) is 12.1 Å². The zero-order valence-corrected chi connectivity index (χ0v) is 15.5. The van der Waals surface area contributed by atoms with Crippen molar-refractivity contribution in [2.75, 3.05) is 20.3 Å². The number of ether oxygens (including phenoxy) is 3. The molecule has 126 valence electrons. The van der Waals surface area contributed by atoms with E-state index in [-0.39, 0.29) is 12.4 Å². The average molecular weight is 440 g/mol. The Hall–Kier alpha value is -1.93. The lowest BCUT2D eigenvalue weighted by Crippen LogP contribution is -2.11. The van der Waals surface area contributed by atoms with E-state index in [1.807, 2.05) is 13.0 Å². The normalized spacial score (nSPS) is 10.3. The summed E-state index contributed by atoms with van der Waals surface area (Å²) >= 11 is 2.16.